The summed E-state index contributed by atoms with van der Waals surface area (Å²) in [5, 5.41) is 4.27. The average molecular weight is 292 g/mol. The summed E-state index contributed by atoms with van der Waals surface area (Å²) < 4.78 is 5.21. The number of nitrogens with one attached hydrogen (secondary N) is 1. The van der Waals surface area contributed by atoms with Crippen molar-refractivity contribution in [1.29, 1.82) is 0 Å². The molecule has 1 saturated heterocycles. The fourth-order valence-corrected chi connectivity index (χ4v) is 2.52. The highest BCUT2D eigenvalue weighted by Gasteiger charge is 2.31. The molecule has 1 aliphatic heterocycles. The minimum absolute atomic E-state index is 0.149. The first kappa shape index (κ1) is 13.3. The van der Waals surface area contributed by atoms with E-state index in [2.05, 4.69) is 10.3 Å². The Morgan fingerprint density at radius 2 is 2.25 bits per heavy atom. The molecule has 2 aromatic rings. The molecular weight excluding hydrogens is 278 g/mol. The number of rotatable bonds is 2. The van der Waals surface area contributed by atoms with E-state index in [0.717, 1.165) is 5.39 Å². The van der Waals surface area contributed by atoms with Crippen LogP contribution in [-0.2, 0) is 9.53 Å². The van der Waals surface area contributed by atoms with Gasteiger partial charge in [0.2, 0.25) is 5.91 Å². The normalized spacial score (nSPS) is 22.1. The predicted molar refractivity (Wildman–Crippen MR) is 77.7 cm³/mol. The molecule has 1 amide bonds. The largest absolute Gasteiger partial charge is 0.379 e. The number of hydrogen-bond donors (Lipinski definition) is 2. The molecular formula is C14H14ClN3O2. The maximum Gasteiger partial charge on any atom is 0.231 e. The van der Waals surface area contributed by atoms with Gasteiger partial charge >= 0.3 is 0 Å². The third-order valence-electron chi connectivity index (χ3n) is 3.44. The van der Waals surface area contributed by atoms with E-state index in [1.807, 2.05) is 6.07 Å². The number of carbonyl (C=O) groups excluding carboxylic acids is 1. The topological polar surface area (TPSA) is 77.2 Å². The van der Waals surface area contributed by atoms with Gasteiger partial charge in [-0.25, -0.2) is 0 Å². The smallest absolute Gasteiger partial charge is 0.231 e. The van der Waals surface area contributed by atoms with Crippen molar-refractivity contribution in [2.24, 2.45) is 11.7 Å². The molecule has 0 radical (unpaired) electrons. The van der Waals surface area contributed by atoms with Crippen LogP contribution in [0.4, 0.5) is 5.69 Å². The van der Waals surface area contributed by atoms with Crippen molar-refractivity contribution < 1.29 is 9.53 Å². The molecule has 2 atom stereocenters. The third-order valence-corrected chi connectivity index (χ3v) is 3.77. The lowest BCUT2D eigenvalue weighted by Crippen LogP contribution is -2.37. The van der Waals surface area contributed by atoms with Gasteiger partial charge in [0.15, 0.2) is 0 Å². The van der Waals surface area contributed by atoms with Crippen molar-refractivity contribution in [3.8, 4) is 0 Å². The average Bonchev–Trinajstić information content (AvgIpc) is 2.88. The van der Waals surface area contributed by atoms with Crippen LogP contribution in [0.1, 0.15) is 0 Å². The Bertz CT molecular complexity index is 662. The van der Waals surface area contributed by atoms with E-state index in [1.165, 1.54) is 0 Å². The van der Waals surface area contributed by atoms with Crippen LogP contribution in [0.3, 0.4) is 0 Å². The van der Waals surface area contributed by atoms with Gasteiger partial charge in [-0.05, 0) is 24.3 Å². The fraction of sp³-hybridized carbons (Fsp3) is 0.286. The molecule has 20 heavy (non-hydrogen) atoms. The zero-order chi connectivity index (χ0) is 14.1. The Labute approximate surface area is 121 Å². The van der Waals surface area contributed by atoms with Crippen LogP contribution < -0.4 is 11.1 Å². The zero-order valence-electron chi connectivity index (χ0n) is 10.7. The maximum absolute atomic E-state index is 12.2. The molecule has 0 spiro atoms. The van der Waals surface area contributed by atoms with Crippen molar-refractivity contribution in [3.63, 3.8) is 0 Å². The van der Waals surface area contributed by atoms with Gasteiger partial charge in [0.1, 0.15) is 0 Å². The summed E-state index contributed by atoms with van der Waals surface area (Å²) >= 11 is 6.12. The second-order valence-electron chi connectivity index (χ2n) is 4.79. The number of pyridine rings is 1. The van der Waals surface area contributed by atoms with Crippen LogP contribution in [0, 0.1) is 5.92 Å². The van der Waals surface area contributed by atoms with Crippen LogP contribution in [0.15, 0.2) is 30.5 Å². The number of fused-ring (bicyclic) bond motifs is 1. The number of carbonyl (C=O) groups is 1. The third kappa shape index (κ3) is 2.35. The van der Waals surface area contributed by atoms with Gasteiger partial charge in [-0.15, -0.1) is 0 Å². The number of nitrogens with two attached hydrogens (primary N) is 1. The lowest BCUT2D eigenvalue weighted by atomic mass is 10.0. The van der Waals surface area contributed by atoms with E-state index < -0.39 is 0 Å². The van der Waals surface area contributed by atoms with Crippen molar-refractivity contribution in [3.05, 3.63) is 35.5 Å². The van der Waals surface area contributed by atoms with Crippen LogP contribution in [0.2, 0.25) is 5.02 Å². The van der Waals surface area contributed by atoms with Gasteiger partial charge in [0.05, 0.1) is 35.4 Å². The quantitative estimate of drug-likeness (QED) is 0.884. The van der Waals surface area contributed by atoms with Crippen LogP contribution in [-0.4, -0.2) is 30.1 Å². The molecule has 0 bridgehead atoms. The molecule has 104 valence electrons. The fourth-order valence-electron chi connectivity index (χ4n) is 2.31. The summed E-state index contributed by atoms with van der Waals surface area (Å²) in [7, 11) is 0. The molecule has 1 aromatic carbocycles. The van der Waals surface area contributed by atoms with Gasteiger partial charge in [0, 0.05) is 17.6 Å². The van der Waals surface area contributed by atoms with Crippen molar-refractivity contribution in [2.75, 3.05) is 18.5 Å². The van der Waals surface area contributed by atoms with E-state index in [-0.39, 0.29) is 17.9 Å². The lowest BCUT2D eigenvalue weighted by molar-refractivity contribution is -0.120. The van der Waals surface area contributed by atoms with E-state index in [0.29, 0.717) is 29.4 Å². The number of anilines is 1. The van der Waals surface area contributed by atoms with Crippen LogP contribution in [0.25, 0.3) is 10.9 Å². The lowest BCUT2D eigenvalue weighted by Gasteiger charge is -2.14. The van der Waals surface area contributed by atoms with E-state index in [1.54, 1.807) is 24.4 Å². The second-order valence-corrected chi connectivity index (χ2v) is 5.20. The summed E-state index contributed by atoms with van der Waals surface area (Å²) in [6.07, 6.45) is 1.67. The zero-order valence-corrected chi connectivity index (χ0v) is 11.4. The highest BCUT2D eigenvalue weighted by Crippen LogP contribution is 2.28. The Morgan fingerprint density at radius 3 is 3.00 bits per heavy atom. The van der Waals surface area contributed by atoms with Crippen molar-refractivity contribution in [2.45, 2.75) is 6.04 Å². The van der Waals surface area contributed by atoms with Crippen LogP contribution >= 0.6 is 11.6 Å². The Kier molecular flexibility index (Phi) is 3.56. The number of benzene rings is 1. The first-order chi connectivity index (χ1) is 9.66. The minimum Gasteiger partial charge on any atom is -0.379 e. The summed E-state index contributed by atoms with van der Waals surface area (Å²) in [6, 6.07) is 6.90. The first-order valence-electron chi connectivity index (χ1n) is 6.34. The standard InChI is InChI=1S/C14H14ClN3O2/c15-10-3-4-12(13-8(10)2-1-5-17-13)18-14(19)9-6-20-7-11(9)16/h1-5,9,11H,6-7,16H2,(H,18,19). The number of aromatic nitrogens is 1. The molecule has 6 heteroatoms. The molecule has 0 saturated carbocycles. The predicted octanol–water partition coefficient (Wildman–Crippen LogP) is 1.80. The molecule has 1 fully saturated rings. The number of amides is 1. The Morgan fingerprint density at radius 1 is 1.40 bits per heavy atom. The highest BCUT2D eigenvalue weighted by molar-refractivity contribution is 6.35. The van der Waals surface area contributed by atoms with Crippen molar-refractivity contribution in [1.82, 2.24) is 4.98 Å². The molecule has 3 rings (SSSR count). The molecule has 5 nitrogen and oxygen atoms in total. The second kappa shape index (κ2) is 5.36. The molecule has 1 aliphatic rings. The van der Waals surface area contributed by atoms with E-state index in [4.69, 9.17) is 22.1 Å². The van der Waals surface area contributed by atoms with Gasteiger partial charge in [0.25, 0.3) is 0 Å². The number of nitrogens with zero attached hydrogens (tertiary/aromatic N) is 1. The molecule has 2 unspecified atom stereocenters. The molecule has 0 aliphatic carbocycles. The summed E-state index contributed by atoms with van der Waals surface area (Å²) in [5.41, 5.74) is 7.15. The summed E-state index contributed by atoms with van der Waals surface area (Å²) in [5.74, 6) is -0.478. The Hall–Kier alpha value is -1.69. The van der Waals surface area contributed by atoms with Gasteiger partial charge in [-0.2, -0.15) is 0 Å². The van der Waals surface area contributed by atoms with E-state index >= 15 is 0 Å². The van der Waals surface area contributed by atoms with Gasteiger partial charge < -0.3 is 15.8 Å². The number of ether oxygens (including phenoxy) is 1. The first-order valence-corrected chi connectivity index (χ1v) is 6.72. The summed E-state index contributed by atoms with van der Waals surface area (Å²) in [6.45, 7) is 0.768. The summed E-state index contributed by atoms with van der Waals surface area (Å²) in [4.78, 5) is 16.5. The SMILES string of the molecule is NC1COCC1C(=O)Nc1ccc(Cl)c2cccnc12. The minimum atomic E-state index is -0.329. The maximum atomic E-state index is 12.2. The van der Waals surface area contributed by atoms with Crippen molar-refractivity contribution >= 4 is 34.1 Å². The van der Waals surface area contributed by atoms with E-state index in [9.17, 15) is 4.79 Å². The van der Waals surface area contributed by atoms with Crippen LogP contribution in [0.5, 0.6) is 0 Å². The monoisotopic (exact) mass is 291 g/mol. The molecule has 1 aromatic heterocycles. The number of halogens is 1. The number of hydrogen-bond acceptors (Lipinski definition) is 4. The highest BCUT2D eigenvalue weighted by atomic mass is 35.5. The molecule has 3 N–H and O–H groups in total. The van der Waals surface area contributed by atoms with Gasteiger partial charge in [-0.3, -0.25) is 9.78 Å². The Balaban J connectivity index is 1.91. The van der Waals surface area contributed by atoms with Gasteiger partial charge in [-0.1, -0.05) is 11.6 Å². The molecule has 2 heterocycles.